The number of methoxy groups -OCH3 is 2. The van der Waals surface area contributed by atoms with E-state index in [1.54, 1.807) is 14.2 Å². The summed E-state index contributed by atoms with van der Waals surface area (Å²) in [6.07, 6.45) is 3.55. The van der Waals surface area contributed by atoms with Crippen molar-refractivity contribution >= 4 is 0 Å². The van der Waals surface area contributed by atoms with Crippen molar-refractivity contribution < 1.29 is 24.7 Å². The molecule has 0 aromatic heterocycles. The van der Waals surface area contributed by atoms with E-state index in [0.29, 0.717) is 24.0 Å². The Balaban J connectivity index is 1.52. The predicted molar refractivity (Wildman–Crippen MR) is 103 cm³/mol. The van der Waals surface area contributed by atoms with Crippen LogP contribution in [0.4, 0.5) is 0 Å². The average molecular weight is 377 g/mol. The van der Waals surface area contributed by atoms with Gasteiger partial charge in [-0.1, -0.05) is 20.8 Å². The number of benzene rings is 1. The van der Waals surface area contributed by atoms with Crippen LogP contribution in [0.25, 0.3) is 0 Å². The van der Waals surface area contributed by atoms with E-state index >= 15 is 0 Å². The van der Waals surface area contributed by atoms with Crippen molar-refractivity contribution in [2.45, 2.75) is 58.5 Å². The summed E-state index contributed by atoms with van der Waals surface area (Å²) in [4.78, 5) is 0. The van der Waals surface area contributed by atoms with Gasteiger partial charge in [-0.25, -0.2) is 0 Å². The average Bonchev–Trinajstić information content (AvgIpc) is 3.23. The summed E-state index contributed by atoms with van der Waals surface area (Å²) in [5.41, 5.74) is 5.70. The number of ether oxygens (including phenoxy) is 4. The Morgan fingerprint density at radius 1 is 1.22 bits per heavy atom. The van der Waals surface area contributed by atoms with Crippen LogP contribution in [0.5, 0.6) is 11.5 Å². The molecule has 3 aliphatic rings. The monoisotopic (exact) mass is 376 g/mol. The number of quaternary nitrogens is 1. The third-order valence-corrected chi connectivity index (χ3v) is 8.03. The minimum Gasteiger partial charge on any atom is -0.497 e. The lowest BCUT2D eigenvalue weighted by Crippen LogP contribution is -2.54. The Morgan fingerprint density at radius 3 is 2.63 bits per heavy atom. The van der Waals surface area contributed by atoms with E-state index in [2.05, 4.69) is 26.5 Å². The molecule has 0 amide bonds. The van der Waals surface area contributed by atoms with Gasteiger partial charge in [-0.2, -0.15) is 0 Å². The maximum Gasteiger partial charge on any atom is 0.159 e. The normalized spacial score (nSPS) is 37.3. The van der Waals surface area contributed by atoms with Crippen LogP contribution < -0.4 is 15.2 Å². The first-order valence-corrected chi connectivity index (χ1v) is 10.2. The maximum absolute atomic E-state index is 6.52. The Hall–Kier alpha value is -1.30. The van der Waals surface area contributed by atoms with Gasteiger partial charge in [0.2, 0.25) is 0 Å². The summed E-state index contributed by atoms with van der Waals surface area (Å²) in [6.45, 7) is 7.90. The van der Waals surface area contributed by atoms with Gasteiger partial charge >= 0.3 is 0 Å². The van der Waals surface area contributed by atoms with Gasteiger partial charge in [0, 0.05) is 12.0 Å². The summed E-state index contributed by atoms with van der Waals surface area (Å²) in [5.74, 6) is 2.95. The molecule has 0 unspecified atom stereocenters. The van der Waals surface area contributed by atoms with Crippen LogP contribution in [0.3, 0.4) is 0 Å². The van der Waals surface area contributed by atoms with Crippen molar-refractivity contribution in [1.82, 2.24) is 0 Å². The van der Waals surface area contributed by atoms with Crippen LogP contribution in [0, 0.1) is 22.7 Å². The first-order valence-electron chi connectivity index (χ1n) is 10.2. The highest BCUT2D eigenvalue weighted by molar-refractivity contribution is 5.41. The zero-order valence-corrected chi connectivity index (χ0v) is 17.3. The number of hydrogen-bond donors (Lipinski definition) is 1. The van der Waals surface area contributed by atoms with Gasteiger partial charge in [0.15, 0.2) is 6.29 Å². The molecule has 6 atom stereocenters. The molecule has 2 saturated carbocycles. The molecule has 1 aromatic rings. The third kappa shape index (κ3) is 2.70. The van der Waals surface area contributed by atoms with Gasteiger partial charge in [0.05, 0.1) is 20.3 Å². The first kappa shape index (κ1) is 19.0. The van der Waals surface area contributed by atoms with E-state index in [1.807, 2.05) is 18.2 Å². The van der Waals surface area contributed by atoms with Crippen LogP contribution in [0.2, 0.25) is 0 Å². The molecule has 5 heteroatoms. The summed E-state index contributed by atoms with van der Waals surface area (Å²) >= 11 is 0. The number of hydrogen-bond acceptors (Lipinski definition) is 4. The topological polar surface area (TPSA) is 64.6 Å². The standard InChI is InChI=1S/C22H33NO4/c1-21(2)16-8-9-22(21,3)20-14(16)11-19(27-20)26-18(12-23)15-10-13(24-4)6-7-17(15)25-5/h6-7,10,14,16,18-20H,8-9,11-12,23H2,1-5H3/p+1/t14-,16+,18-,19-,20-,22-/m0/s1. The molecule has 3 N–H and O–H groups in total. The molecule has 3 fully saturated rings. The zero-order valence-electron chi connectivity index (χ0n) is 17.3. The predicted octanol–water partition coefficient (Wildman–Crippen LogP) is 3.19. The highest BCUT2D eigenvalue weighted by atomic mass is 16.7. The molecule has 1 saturated heterocycles. The van der Waals surface area contributed by atoms with Crippen LogP contribution in [0.15, 0.2) is 18.2 Å². The lowest BCUT2D eigenvalue weighted by molar-refractivity contribution is -0.395. The number of fused-ring (bicyclic) bond motifs is 5. The molecule has 1 aliphatic heterocycles. The molecule has 2 aliphatic carbocycles. The fraction of sp³-hybridized carbons (Fsp3) is 0.727. The second-order valence-corrected chi connectivity index (χ2v) is 9.19. The second-order valence-electron chi connectivity index (χ2n) is 9.19. The van der Waals surface area contributed by atoms with Gasteiger partial charge in [0.25, 0.3) is 0 Å². The smallest absolute Gasteiger partial charge is 0.159 e. The molecule has 0 radical (unpaired) electrons. The van der Waals surface area contributed by atoms with E-state index < -0.39 is 0 Å². The fourth-order valence-electron chi connectivity index (χ4n) is 6.14. The van der Waals surface area contributed by atoms with Crippen LogP contribution >= 0.6 is 0 Å². The lowest BCUT2D eigenvalue weighted by atomic mass is 9.70. The van der Waals surface area contributed by atoms with E-state index in [4.69, 9.17) is 18.9 Å². The summed E-state index contributed by atoms with van der Waals surface area (Å²) < 4.78 is 23.9. The largest absolute Gasteiger partial charge is 0.497 e. The van der Waals surface area contributed by atoms with Crippen molar-refractivity contribution in [2.75, 3.05) is 20.8 Å². The van der Waals surface area contributed by atoms with Crippen molar-refractivity contribution in [1.29, 1.82) is 0 Å². The van der Waals surface area contributed by atoms with Crippen LogP contribution in [-0.2, 0) is 9.47 Å². The third-order valence-electron chi connectivity index (χ3n) is 8.03. The molecule has 4 rings (SSSR count). The molecule has 1 heterocycles. The summed E-state index contributed by atoms with van der Waals surface area (Å²) in [5, 5.41) is 0. The molecule has 1 aromatic carbocycles. The van der Waals surface area contributed by atoms with Gasteiger partial charge in [0.1, 0.15) is 24.1 Å². The van der Waals surface area contributed by atoms with Gasteiger partial charge in [-0.3, -0.25) is 0 Å². The Bertz CT molecular complexity index is 706. The Kier molecular flexibility index (Phi) is 4.68. The molecule has 2 bridgehead atoms. The lowest BCUT2D eigenvalue weighted by Gasteiger charge is -2.38. The fourth-order valence-corrected chi connectivity index (χ4v) is 6.14. The molecular weight excluding hydrogens is 342 g/mol. The van der Waals surface area contributed by atoms with Gasteiger partial charge < -0.3 is 24.7 Å². The van der Waals surface area contributed by atoms with Crippen molar-refractivity contribution in [3.05, 3.63) is 23.8 Å². The highest BCUT2D eigenvalue weighted by Crippen LogP contribution is 2.71. The molecule has 27 heavy (non-hydrogen) atoms. The van der Waals surface area contributed by atoms with Gasteiger partial charge in [-0.05, 0) is 53.7 Å². The SMILES string of the molecule is COc1ccc(OC)c([C@H](C[NH3+])O[C@@H]2C[C@H]3[C@H]4CC[C@@](C)([C@H]3O2)C4(C)C)c1. The molecule has 150 valence electrons. The zero-order chi connectivity index (χ0) is 19.4. The maximum atomic E-state index is 6.52. The quantitative estimate of drug-likeness (QED) is 0.828. The Labute approximate surface area is 162 Å². The minimum atomic E-state index is -0.169. The number of rotatable bonds is 6. The molecule has 5 nitrogen and oxygen atoms in total. The van der Waals surface area contributed by atoms with E-state index in [-0.39, 0.29) is 17.8 Å². The minimum absolute atomic E-state index is 0.168. The summed E-state index contributed by atoms with van der Waals surface area (Å²) in [7, 11) is 3.35. The van der Waals surface area contributed by atoms with E-state index in [1.165, 1.54) is 12.8 Å². The second kappa shape index (κ2) is 6.64. The Morgan fingerprint density at radius 2 is 2.00 bits per heavy atom. The van der Waals surface area contributed by atoms with Crippen molar-refractivity contribution in [3.8, 4) is 11.5 Å². The highest BCUT2D eigenvalue weighted by Gasteiger charge is 2.69. The molecular formula is C22H34NO4+. The van der Waals surface area contributed by atoms with Crippen LogP contribution in [0.1, 0.15) is 51.7 Å². The molecule has 0 spiro atoms. The van der Waals surface area contributed by atoms with E-state index in [9.17, 15) is 0 Å². The summed E-state index contributed by atoms with van der Waals surface area (Å²) in [6, 6.07) is 5.81. The van der Waals surface area contributed by atoms with Gasteiger partial charge in [-0.15, -0.1) is 0 Å². The van der Waals surface area contributed by atoms with Crippen molar-refractivity contribution in [2.24, 2.45) is 22.7 Å². The van der Waals surface area contributed by atoms with Crippen molar-refractivity contribution in [3.63, 3.8) is 0 Å². The van der Waals surface area contributed by atoms with Crippen LogP contribution in [-0.4, -0.2) is 33.2 Å². The van der Waals surface area contributed by atoms with E-state index in [0.717, 1.165) is 29.4 Å². The first-order chi connectivity index (χ1) is 12.9.